The Morgan fingerprint density at radius 3 is 2.35 bits per heavy atom. The van der Waals surface area contributed by atoms with E-state index in [0.29, 0.717) is 11.8 Å². The van der Waals surface area contributed by atoms with E-state index >= 15 is 0 Å². The van der Waals surface area contributed by atoms with Gasteiger partial charge in [-0.05, 0) is 23.9 Å². The molecule has 1 atom stereocenters. The van der Waals surface area contributed by atoms with Crippen LogP contribution < -0.4 is 5.32 Å². The van der Waals surface area contributed by atoms with Gasteiger partial charge in [0.05, 0.1) is 0 Å². The monoisotopic (exact) mass is 231 g/mol. The van der Waals surface area contributed by atoms with E-state index in [4.69, 9.17) is 0 Å². The van der Waals surface area contributed by atoms with E-state index in [2.05, 4.69) is 69.4 Å². The van der Waals surface area contributed by atoms with Crippen LogP contribution in [0.2, 0.25) is 0 Å². The van der Waals surface area contributed by atoms with E-state index in [0.717, 1.165) is 13.1 Å². The van der Waals surface area contributed by atoms with Crippen LogP contribution in [0.15, 0.2) is 42.0 Å². The first-order chi connectivity index (χ1) is 8.15. The smallest absolute Gasteiger partial charge is 0.0167 e. The van der Waals surface area contributed by atoms with E-state index < -0.39 is 0 Å². The van der Waals surface area contributed by atoms with Crippen molar-refractivity contribution in [3.63, 3.8) is 0 Å². The zero-order valence-corrected chi connectivity index (χ0v) is 11.5. The van der Waals surface area contributed by atoms with Gasteiger partial charge in [-0.25, -0.2) is 0 Å². The standard InChI is InChI=1S/C16H25N/c1-5-17-12-16(13(2)3)11-14(4)15-9-7-6-8-10-15/h6-11,13-14,17H,5,12H2,1-4H3/b16-11-. The molecule has 0 fully saturated rings. The molecule has 1 rings (SSSR count). The summed E-state index contributed by atoms with van der Waals surface area (Å²) < 4.78 is 0. The van der Waals surface area contributed by atoms with Gasteiger partial charge in [-0.2, -0.15) is 0 Å². The fraction of sp³-hybridized carbons (Fsp3) is 0.500. The van der Waals surface area contributed by atoms with Crippen molar-refractivity contribution >= 4 is 0 Å². The number of benzene rings is 1. The van der Waals surface area contributed by atoms with Gasteiger partial charge >= 0.3 is 0 Å². The molecule has 0 spiro atoms. The van der Waals surface area contributed by atoms with Gasteiger partial charge in [-0.3, -0.25) is 0 Å². The number of likely N-dealkylation sites (N-methyl/N-ethyl adjacent to an activating group) is 1. The maximum absolute atomic E-state index is 3.42. The molecule has 0 aromatic heterocycles. The molecule has 1 nitrogen and oxygen atoms in total. The summed E-state index contributed by atoms with van der Waals surface area (Å²) in [6.07, 6.45) is 2.41. The average molecular weight is 231 g/mol. The largest absolute Gasteiger partial charge is 0.313 e. The first-order valence-corrected chi connectivity index (χ1v) is 6.61. The summed E-state index contributed by atoms with van der Waals surface area (Å²) in [7, 11) is 0. The van der Waals surface area contributed by atoms with Crippen LogP contribution in [0.5, 0.6) is 0 Å². The van der Waals surface area contributed by atoms with Crippen molar-refractivity contribution in [2.45, 2.75) is 33.6 Å². The molecule has 1 aromatic rings. The molecule has 0 saturated heterocycles. The molecular formula is C16H25N. The first kappa shape index (κ1) is 14.0. The van der Waals surface area contributed by atoms with Crippen molar-refractivity contribution in [2.75, 3.05) is 13.1 Å². The van der Waals surface area contributed by atoms with Gasteiger partial charge in [0, 0.05) is 6.54 Å². The van der Waals surface area contributed by atoms with E-state index in [1.165, 1.54) is 11.1 Å². The third-order valence-corrected chi connectivity index (χ3v) is 3.11. The summed E-state index contributed by atoms with van der Waals surface area (Å²) >= 11 is 0. The normalized spacial score (nSPS) is 14.1. The van der Waals surface area contributed by atoms with E-state index in [1.807, 2.05) is 0 Å². The summed E-state index contributed by atoms with van der Waals surface area (Å²) in [6, 6.07) is 10.7. The molecule has 17 heavy (non-hydrogen) atoms. The fourth-order valence-corrected chi connectivity index (χ4v) is 1.90. The van der Waals surface area contributed by atoms with Crippen LogP contribution in [-0.4, -0.2) is 13.1 Å². The number of hydrogen-bond acceptors (Lipinski definition) is 1. The Labute approximate surface area is 106 Å². The molecule has 0 aliphatic carbocycles. The Morgan fingerprint density at radius 2 is 1.82 bits per heavy atom. The van der Waals surface area contributed by atoms with Crippen molar-refractivity contribution < 1.29 is 0 Å². The molecule has 0 radical (unpaired) electrons. The minimum absolute atomic E-state index is 0.493. The quantitative estimate of drug-likeness (QED) is 0.730. The lowest BCUT2D eigenvalue weighted by molar-refractivity contribution is 0.668. The summed E-state index contributed by atoms with van der Waals surface area (Å²) in [5.74, 6) is 1.10. The third-order valence-electron chi connectivity index (χ3n) is 3.11. The Kier molecular flexibility index (Phi) is 5.99. The van der Waals surface area contributed by atoms with Gasteiger partial charge in [0.1, 0.15) is 0 Å². The molecule has 1 unspecified atom stereocenters. The lowest BCUT2D eigenvalue weighted by atomic mass is 9.94. The predicted octanol–water partition coefficient (Wildman–Crippen LogP) is 3.98. The molecule has 0 amide bonds. The lowest BCUT2D eigenvalue weighted by Crippen LogP contribution is -2.19. The molecule has 1 heteroatoms. The second-order valence-electron chi connectivity index (χ2n) is 4.88. The molecule has 0 aliphatic heterocycles. The molecule has 0 saturated carbocycles. The molecular weight excluding hydrogens is 206 g/mol. The number of hydrogen-bond donors (Lipinski definition) is 1. The second-order valence-corrected chi connectivity index (χ2v) is 4.88. The van der Waals surface area contributed by atoms with Crippen LogP contribution in [0.3, 0.4) is 0 Å². The summed E-state index contributed by atoms with van der Waals surface area (Å²) in [4.78, 5) is 0. The zero-order chi connectivity index (χ0) is 12.7. The van der Waals surface area contributed by atoms with Gasteiger partial charge in [0.15, 0.2) is 0 Å². The first-order valence-electron chi connectivity index (χ1n) is 6.61. The highest BCUT2D eigenvalue weighted by Crippen LogP contribution is 2.20. The summed E-state index contributed by atoms with van der Waals surface area (Å²) in [6.45, 7) is 11.0. The van der Waals surface area contributed by atoms with Crippen molar-refractivity contribution in [3.05, 3.63) is 47.5 Å². The van der Waals surface area contributed by atoms with Crippen molar-refractivity contribution in [3.8, 4) is 0 Å². The maximum Gasteiger partial charge on any atom is 0.0167 e. The van der Waals surface area contributed by atoms with Gasteiger partial charge in [-0.15, -0.1) is 0 Å². The van der Waals surface area contributed by atoms with Crippen LogP contribution in [0.1, 0.15) is 39.2 Å². The number of nitrogens with one attached hydrogen (secondary N) is 1. The van der Waals surface area contributed by atoms with Crippen LogP contribution in [-0.2, 0) is 0 Å². The predicted molar refractivity (Wildman–Crippen MR) is 76.3 cm³/mol. The SMILES string of the molecule is CCNC/C(=C/C(C)c1ccccc1)C(C)C. The van der Waals surface area contributed by atoms with Crippen molar-refractivity contribution in [1.82, 2.24) is 5.32 Å². The zero-order valence-electron chi connectivity index (χ0n) is 11.5. The molecule has 0 heterocycles. The number of allylic oxidation sites excluding steroid dienone is 1. The molecule has 94 valence electrons. The van der Waals surface area contributed by atoms with E-state index in [9.17, 15) is 0 Å². The minimum atomic E-state index is 0.493. The van der Waals surface area contributed by atoms with Gasteiger partial charge in [0.25, 0.3) is 0 Å². The number of rotatable bonds is 6. The highest BCUT2D eigenvalue weighted by molar-refractivity contribution is 5.25. The average Bonchev–Trinajstić information content (AvgIpc) is 2.35. The van der Waals surface area contributed by atoms with Gasteiger partial charge in [0.2, 0.25) is 0 Å². The topological polar surface area (TPSA) is 12.0 Å². The van der Waals surface area contributed by atoms with Crippen LogP contribution >= 0.6 is 0 Å². The fourth-order valence-electron chi connectivity index (χ4n) is 1.90. The molecule has 1 N–H and O–H groups in total. The van der Waals surface area contributed by atoms with E-state index in [-0.39, 0.29) is 0 Å². The van der Waals surface area contributed by atoms with Crippen molar-refractivity contribution in [2.24, 2.45) is 5.92 Å². The minimum Gasteiger partial charge on any atom is -0.313 e. The van der Waals surface area contributed by atoms with Gasteiger partial charge < -0.3 is 5.32 Å². The Morgan fingerprint density at radius 1 is 1.18 bits per heavy atom. The maximum atomic E-state index is 3.42. The van der Waals surface area contributed by atoms with Crippen molar-refractivity contribution in [1.29, 1.82) is 0 Å². The highest BCUT2D eigenvalue weighted by atomic mass is 14.8. The highest BCUT2D eigenvalue weighted by Gasteiger charge is 2.07. The van der Waals surface area contributed by atoms with Crippen LogP contribution in [0.25, 0.3) is 0 Å². The Bertz CT molecular complexity index is 338. The van der Waals surface area contributed by atoms with Gasteiger partial charge in [-0.1, -0.05) is 69.7 Å². The molecule has 0 bridgehead atoms. The molecule has 1 aromatic carbocycles. The van der Waals surface area contributed by atoms with Crippen LogP contribution in [0, 0.1) is 5.92 Å². The lowest BCUT2D eigenvalue weighted by Gasteiger charge is -2.15. The Hall–Kier alpha value is -1.08. The van der Waals surface area contributed by atoms with E-state index in [1.54, 1.807) is 0 Å². The summed E-state index contributed by atoms with van der Waals surface area (Å²) in [5, 5.41) is 3.42. The summed E-state index contributed by atoms with van der Waals surface area (Å²) in [5.41, 5.74) is 2.89. The second kappa shape index (κ2) is 7.29. The van der Waals surface area contributed by atoms with Crippen LogP contribution in [0.4, 0.5) is 0 Å². The third kappa shape index (κ3) is 4.74. The molecule has 0 aliphatic rings. The Balaban J connectivity index is 2.76.